The molecule has 0 bridgehead atoms. The molecular formula is C13H11NO. The second-order valence-electron chi connectivity index (χ2n) is 3.00. The highest BCUT2D eigenvalue weighted by Gasteiger charge is 1.87. The molecule has 0 amide bonds. The molecular weight excluding hydrogens is 186 g/mol. The molecule has 0 saturated heterocycles. The molecule has 1 heterocycles. The van der Waals surface area contributed by atoms with Gasteiger partial charge >= 0.3 is 0 Å². The van der Waals surface area contributed by atoms with E-state index in [1.807, 2.05) is 54.6 Å². The van der Waals surface area contributed by atoms with Crippen molar-refractivity contribution in [2.75, 3.05) is 0 Å². The van der Waals surface area contributed by atoms with Gasteiger partial charge in [0.05, 0.1) is 6.26 Å². The van der Waals surface area contributed by atoms with Gasteiger partial charge in [-0.15, -0.1) is 0 Å². The molecule has 2 nitrogen and oxygen atoms in total. The fourth-order valence-corrected chi connectivity index (χ4v) is 1.16. The van der Waals surface area contributed by atoms with Gasteiger partial charge in [-0.3, -0.25) is 0 Å². The van der Waals surface area contributed by atoms with E-state index in [-0.39, 0.29) is 0 Å². The molecule has 0 aliphatic carbocycles. The maximum absolute atomic E-state index is 5.32. The summed E-state index contributed by atoms with van der Waals surface area (Å²) in [5.74, 6) is 0.602. The molecule has 0 spiro atoms. The smallest absolute Gasteiger partial charge is 0.218 e. The van der Waals surface area contributed by atoms with Crippen molar-refractivity contribution in [1.29, 1.82) is 0 Å². The molecule has 0 unspecified atom stereocenters. The van der Waals surface area contributed by atoms with Gasteiger partial charge in [0, 0.05) is 12.3 Å². The van der Waals surface area contributed by atoms with Gasteiger partial charge in [-0.1, -0.05) is 36.4 Å². The summed E-state index contributed by atoms with van der Waals surface area (Å²) in [5, 5.41) is 0. The Morgan fingerprint density at radius 3 is 2.47 bits per heavy atom. The summed E-state index contributed by atoms with van der Waals surface area (Å²) in [6.45, 7) is 0. The van der Waals surface area contributed by atoms with Gasteiger partial charge in [0.25, 0.3) is 0 Å². The van der Waals surface area contributed by atoms with Crippen LogP contribution in [0.1, 0.15) is 5.56 Å². The first kappa shape index (κ1) is 9.46. The van der Waals surface area contributed by atoms with E-state index < -0.39 is 0 Å². The number of hydrogen-bond donors (Lipinski definition) is 0. The van der Waals surface area contributed by atoms with E-state index >= 15 is 0 Å². The van der Waals surface area contributed by atoms with Crippen LogP contribution in [0.4, 0.5) is 0 Å². The van der Waals surface area contributed by atoms with Crippen molar-refractivity contribution in [3.05, 3.63) is 66.6 Å². The van der Waals surface area contributed by atoms with Crippen LogP contribution in [-0.4, -0.2) is 4.98 Å². The number of nitrogens with zero attached hydrogens (tertiary/aromatic N) is 1. The van der Waals surface area contributed by atoms with Crippen LogP contribution < -0.4 is 4.74 Å². The largest absolute Gasteiger partial charge is 0.447 e. The molecule has 0 aliphatic rings. The van der Waals surface area contributed by atoms with Gasteiger partial charge in [-0.05, 0) is 17.7 Å². The normalized spacial score (nSPS) is 10.4. The molecule has 0 N–H and O–H groups in total. The number of rotatable bonds is 3. The minimum Gasteiger partial charge on any atom is -0.447 e. The van der Waals surface area contributed by atoms with Gasteiger partial charge in [0.1, 0.15) is 0 Å². The molecule has 0 aliphatic heterocycles. The maximum Gasteiger partial charge on any atom is 0.218 e. The Kier molecular flexibility index (Phi) is 3.13. The van der Waals surface area contributed by atoms with Crippen molar-refractivity contribution in [3.63, 3.8) is 0 Å². The van der Waals surface area contributed by atoms with Crippen molar-refractivity contribution < 1.29 is 4.74 Å². The van der Waals surface area contributed by atoms with Gasteiger partial charge in [0.2, 0.25) is 5.88 Å². The average molecular weight is 197 g/mol. The Labute approximate surface area is 88.9 Å². The van der Waals surface area contributed by atoms with Gasteiger partial charge in [0.15, 0.2) is 0 Å². The van der Waals surface area contributed by atoms with Crippen LogP contribution in [0, 0.1) is 0 Å². The third kappa shape index (κ3) is 2.95. The van der Waals surface area contributed by atoms with E-state index in [1.54, 1.807) is 12.5 Å². The Bertz CT molecular complexity index is 423. The number of ether oxygens (including phenoxy) is 1. The van der Waals surface area contributed by atoms with Crippen molar-refractivity contribution >= 4 is 6.08 Å². The maximum atomic E-state index is 5.32. The standard InChI is InChI=1S/C13H11NO/c1-2-6-12(7-3-1)9-11-15-13-8-4-5-10-14-13/h1-11H. The lowest BCUT2D eigenvalue weighted by molar-refractivity contribution is 0.465. The third-order valence-electron chi connectivity index (χ3n) is 1.89. The van der Waals surface area contributed by atoms with E-state index in [2.05, 4.69) is 4.98 Å². The van der Waals surface area contributed by atoms with Crippen molar-refractivity contribution in [1.82, 2.24) is 4.98 Å². The highest BCUT2D eigenvalue weighted by atomic mass is 16.5. The summed E-state index contributed by atoms with van der Waals surface area (Å²) in [7, 11) is 0. The molecule has 0 atom stereocenters. The first-order valence-electron chi connectivity index (χ1n) is 4.74. The van der Waals surface area contributed by atoms with Gasteiger partial charge in [-0.2, -0.15) is 0 Å². The van der Waals surface area contributed by atoms with Crippen LogP contribution in [0.5, 0.6) is 5.88 Å². The molecule has 2 rings (SSSR count). The summed E-state index contributed by atoms with van der Waals surface area (Å²) in [5.41, 5.74) is 1.11. The number of benzene rings is 1. The van der Waals surface area contributed by atoms with Crippen LogP contribution in [-0.2, 0) is 0 Å². The molecule has 0 fully saturated rings. The van der Waals surface area contributed by atoms with E-state index in [1.165, 1.54) is 0 Å². The van der Waals surface area contributed by atoms with Gasteiger partial charge in [-0.25, -0.2) is 4.98 Å². The average Bonchev–Trinajstić information content (AvgIpc) is 2.32. The Morgan fingerprint density at radius 1 is 0.933 bits per heavy atom. The highest BCUT2D eigenvalue weighted by molar-refractivity contribution is 5.47. The molecule has 0 radical (unpaired) electrons. The van der Waals surface area contributed by atoms with E-state index in [4.69, 9.17) is 4.74 Å². The topological polar surface area (TPSA) is 22.1 Å². The fraction of sp³-hybridized carbons (Fsp3) is 0. The highest BCUT2D eigenvalue weighted by Crippen LogP contribution is 2.05. The van der Waals surface area contributed by atoms with Crippen LogP contribution >= 0.6 is 0 Å². The molecule has 1 aromatic carbocycles. The lowest BCUT2D eigenvalue weighted by Crippen LogP contribution is -1.84. The summed E-state index contributed by atoms with van der Waals surface area (Å²) in [6.07, 6.45) is 5.23. The van der Waals surface area contributed by atoms with E-state index in [0.29, 0.717) is 5.88 Å². The lowest BCUT2D eigenvalue weighted by atomic mass is 10.2. The van der Waals surface area contributed by atoms with Crippen LogP contribution in [0.2, 0.25) is 0 Å². The second kappa shape index (κ2) is 4.96. The first-order chi connectivity index (χ1) is 7.45. The molecule has 2 aromatic rings. The monoisotopic (exact) mass is 197 g/mol. The van der Waals surface area contributed by atoms with Crippen molar-refractivity contribution in [3.8, 4) is 5.88 Å². The molecule has 1 aromatic heterocycles. The van der Waals surface area contributed by atoms with Crippen LogP contribution in [0.25, 0.3) is 6.08 Å². The zero-order valence-corrected chi connectivity index (χ0v) is 8.21. The van der Waals surface area contributed by atoms with E-state index in [9.17, 15) is 0 Å². The number of hydrogen-bond acceptors (Lipinski definition) is 2. The number of aromatic nitrogens is 1. The third-order valence-corrected chi connectivity index (χ3v) is 1.89. The summed E-state index contributed by atoms with van der Waals surface area (Å²) in [6, 6.07) is 15.5. The first-order valence-corrected chi connectivity index (χ1v) is 4.74. The molecule has 2 heteroatoms. The molecule has 0 saturated carbocycles. The van der Waals surface area contributed by atoms with Crippen molar-refractivity contribution in [2.45, 2.75) is 0 Å². The van der Waals surface area contributed by atoms with E-state index in [0.717, 1.165) is 5.56 Å². The quantitative estimate of drug-likeness (QED) is 0.705. The zero-order chi connectivity index (χ0) is 10.3. The predicted octanol–water partition coefficient (Wildman–Crippen LogP) is 3.13. The Morgan fingerprint density at radius 2 is 1.73 bits per heavy atom. The summed E-state index contributed by atoms with van der Waals surface area (Å²) >= 11 is 0. The molecule has 74 valence electrons. The Balaban J connectivity index is 1.97. The van der Waals surface area contributed by atoms with Crippen LogP contribution in [0.3, 0.4) is 0 Å². The van der Waals surface area contributed by atoms with Crippen molar-refractivity contribution in [2.24, 2.45) is 0 Å². The molecule has 15 heavy (non-hydrogen) atoms. The number of pyridine rings is 1. The second-order valence-corrected chi connectivity index (χ2v) is 3.00. The predicted molar refractivity (Wildman–Crippen MR) is 60.3 cm³/mol. The summed E-state index contributed by atoms with van der Waals surface area (Å²) in [4.78, 5) is 4.04. The lowest BCUT2D eigenvalue weighted by Gasteiger charge is -1.96. The summed E-state index contributed by atoms with van der Waals surface area (Å²) < 4.78 is 5.32. The van der Waals surface area contributed by atoms with Crippen LogP contribution in [0.15, 0.2) is 61.0 Å². The fourth-order valence-electron chi connectivity index (χ4n) is 1.16. The Hall–Kier alpha value is -2.09. The SMILES string of the molecule is C(=Cc1ccccc1)Oc1ccccn1. The minimum atomic E-state index is 0.602. The minimum absolute atomic E-state index is 0.602. The zero-order valence-electron chi connectivity index (χ0n) is 8.21. The van der Waals surface area contributed by atoms with Gasteiger partial charge < -0.3 is 4.74 Å².